The maximum Gasteiger partial charge on any atom is 0.289 e. The van der Waals surface area contributed by atoms with Crippen LogP contribution in [0.1, 0.15) is 40.8 Å². The first-order valence-corrected chi connectivity index (χ1v) is 9.52. The first-order chi connectivity index (χ1) is 14.2. The maximum absolute atomic E-state index is 12.9. The molecule has 1 saturated heterocycles. The second-order valence-electron chi connectivity index (χ2n) is 7.00. The number of carbonyl (C=O) groups is 1. The quantitative estimate of drug-likeness (QED) is 0.660. The minimum absolute atomic E-state index is 0.0216. The molecule has 0 saturated carbocycles. The van der Waals surface area contributed by atoms with Crippen LogP contribution >= 0.6 is 0 Å². The minimum Gasteiger partial charge on any atom is -0.490 e. The molecule has 1 unspecified atom stereocenters. The zero-order valence-electron chi connectivity index (χ0n) is 16.2. The summed E-state index contributed by atoms with van der Waals surface area (Å²) in [6.07, 6.45) is 8.46. The fourth-order valence-corrected chi connectivity index (χ4v) is 3.67. The number of carbonyl (C=O) groups excluding carboxylic acids is 1. The number of aromatic nitrogens is 3. The third-order valence-electron chi connectivity index (χ3n) is 5.11. The molecule has 0 aromatic carbocycles. The molecule has 1 atom stereocenters. The number of piperidine rings is 1. The molecule has 29 heavy (non-hydrogen) atoms. The molecular weight excluding hydrogens is 372 g/mol. The van der Waals surface area contributed by atoms with Crippen molar-refractivity contribution in [3.63, 3.8) is 0 Å². The van der Waals surface area contributed by atoms with Crippen LogP contribution in [0.3, 0.4) is 0 Å². The van der Waals surface area contributed by atoms with Crippen molar-refractivity contribution in [3.8, 4) is 5.75 Å². The van der Waals surface area contributed by atoms with E-state index in [0.29, 0.717) is 19.6 Å². The van der Waals surface area contributed by atoms with E-state index in [-0.39, 0.29) is 28.8 Å². The van der Waals surface area contributed by atoms with Gasteiger partial charge in [0.1, 0.15) is 12.1 Å². The topological polar surface area (TPSA) is 90.5 Å². The molecule has 1 fully saturated rings. The molecule has 0 aliphatic carbocycles. The molecule has 0 radical (unpaired) electrons. The average Bonchev–Trinajstić information content (AvgIpc) is 3.22. The fraction of sp³-hybridized carbons (Fsp3) is 0.333. The number of imidazole rings is 1. The van der Waals surface area contributed by atoms with E-state index in [2.05, 4.69) is 14.5 Å². The van der Waals surface area contributed by atoms with Gasteiger partial charge in [-0.3, -0.25) is 14.6 Å². The summed E-state index contributed by atoms with van der Waals surface area (Å²) < 4.78 is 12.3. The normalized spacial score (nSPS) is 16.6. The van der Waals surface area contributed by atoms with Crippen molar-refractivity contribution >= 4 is 5.91 Å². The number of amides is 1. The van der Waals surface area contributed by atoms with Crippen molar-refractivity contribution < 1.29 is 13.9 Å². The summed E-state index contributed by atoms with van der Waals surface area (Å²) in [4.78, 5) is 35.5. The highest BCUT2D eigenvalue weighted by atomic mass is 16.5. The molecule has 3 aromatic heterocycles. The van der Waals surface area contributed by atoms with Gasteiger partial charge < -0.3 is 18.6 Å². The molecule has 150 valence electrons. The van der Waals surface area contributed by atoms with Crippen molar-refractivity contribution in [3.05, 3.63) is 76.6 Å². The standard InChI is InChI=1S/C21H22N4O4/c1-28-19-14-29-18(11-17(19)26)21(27)25-9-4-5-15(12-25)20-23-8-10-24(20)13-16-6-2-3-7-22-16/h2-3,6-8,10-11,14-15H,4-5,9,12-13H2,1H3. The van der Waals surface area contributed by atoms with Crippen LogP contribution in [-0.4, -0.2) is 45.5 Å². The van der Waals surface area contributed by atoms with Crippen LogP contribution in [0.2, 0.25) is 0 Å². The zero-order valence-corrected chi connectivity index (χ0v) is 16.2. The summed E-state index contributed by atoms with van der Waals surface area (Å²) in [5.74, 6) is 0.848. The van der Waals surface area contributed by atoms with Gasteiger partial charge in [0.2, 0.25) is 11.2 Å². The Bertz CT molecular complexity index is 1040. The van der Waals surface area contributed by atoms with Gasteiger partial charge in [-0.15, -0.1) is 0 Å². The summed E-state index contributed by atoms with van der Waals surface area (Å²) in [5, 5.41) is 0. The van der Waals surface area contributed by atoms with Crippen LogP contribution in [0, 0.1) is 0 Å². The molecule has 0 N–H and O–H groups in total. The Balaban J connectivity index is 1.50. The van der Waals surface area contributed by atoms with E-state index in [4.69, 9.17) is 9.15 Å². The molecule has 1 amide bonds. The van der Waals surface area contributed by atoms with Gasteiger partial charge in [0.25, 0.3) is 5.91 Å². The van der Waals surface area contributed by atoms with E-state index in [9.17, 15) is 9.59 Å². The predicted molar refractivity (Wildman–Crippen MR) is 105 cm³/mol. The van der Waals surface area contributed by atoms with Crippen molar-refractivity contribution in [1.82, 2.24) is 19.4 Å². The third kappa shape index (κ3) is 4.06. The SMILES string of the molecule is COc1coc(C(=O)N2CCCC(c3nccn3Cc3ccccn3)C2)cc1=O. The number of likely N-dealkylation sites (tertiary alicyclic amines) is 1. The molecule has 1 aliphatic heterocycles. The fourth-order valence-electron chi connectivity index (χ4n) is 3.67. The smallest absolute Gasteiger partial charge is 0.289 e. The number of rotatable bonds is 5. The summed E-state index contributed by atoms with van der Waals surface area (Å²) in [5.41, 5.74) is 0.581. The molecule has 8 heteroatoms. The van der Waals surface area contributed by atoms with Crippen LogP contribution in [0.25, 0.3) is 0 Å². The average molecular weight is 394 g/mol. The van der Waals surface area contributed by atoms with Crippen LogP contribution in [0.15, 0.2) is 58.3 Å². The molecule has 1 aliphatic rings. The lowest BCUT2D eigenvalue weighted by Crippen LogP contribution is -2.40. The number of pyridine rings is 1. The lowest BCUT2D eigenvalue weighted by molar-refractivity contribution is 0.0667. The monoisotopic (exact) mass is 394 g/mol. The van der Waals surface area contributed by atoms with Crippen LogP contribution in [-0.2, 0) is 6.54 Å². The van der Waals surface area contributed by atoms with E-state index in [1.807, 2.05) is 24.4 Å². The highest BCUT2D eigenvalue weighted by Gasteiger charge is 2.29. The Kier molecular flexibility index (Phi) is 5.41. The van der Waals surface area contributed by atoms with Gasteiger partial charge in [-0.1, -0.05) is 6.07 Å². The van der Waals surface area contributed by atoms with Crippen molar-refractivity contribution in [1.29, 1.82) is 0 Å². The highest BCUT2D eigenvalue weighted by Crippen LogP contribution is 2.27. The molecule has 3 aromatic rings. The number of methoxy groups -OCH3 is 1. The van der Waals surface area contributed by atoms with Gasteiger partial charge in [-0.05, 0) is 25.0 Å². The zero-order chi connectivity index (χ0) is 20.2. The lowest BCUT2D eigenvalue weighted by atomic mass is 9.96. The van der Waals surface area contributed by atoms with Gasteiger partial charge in [-0.25, -0.2) is 4.98 Å². The first kappa shape index (κ1) is 18.9. The Labute approximate surface area is 167 Å². The Hall–Kier alpha value is -3.42. The van der Waals surface area contributed by atoms with E-state index >= 15 is 0 Å². The molecule has 0 spiro atoms. The number of nitrogens with zero attached hydrogens (tertiary/aromatic N) is 4. The molecule has 4 rings (SSSR count). The van der Waals surface area contributed by atoms with Gasteiger partial charge in [0, 0.05) is 43.7 Å². The Morgan fingerprint density at radius 3 is 2.97 bits per heavy atom. The van der Waals surface area contributed by atoms with E-state index in [0.717, 1.165) is 24.4 Å². The summed E-state index contributed by atoms with van der Waals surface area (Å²) in [7, 11) is 1.38. The van der Waals surface area contributed by atoms with Crippen LogP contribution < -0.4 is 10.2 Å². The summed E-state index contributed by atoms with van der Waals surface area (Å²) in [6.45, 7) is 1.77. The largest absolute Gasteiger partial charge is 0.490 e. The van der Waals surface area contributed by atoms with Gasteiger partial charge in [0.15, 0.2) is 5.76 Å². The molecular formula is C21H22N4O4. The lowest BCUT2D eigenvalue weighted by Gasteiger charge is -2.32. The van der Waals surface area contributed by atoms with Gasteiger partial charge in [-0.2, -0.15) is 0 Å². The van der Waals surface area contributed by atoms with E-state index in [1.54, 1.807) is 17.3 Å². The van der Waals surface area contributed by atoms with Gasteiger partial charge in [0.05, 0.1) is 19.3 Å². The van der Waals surface area contributed by atoms with Gasteiger partial charge >= 0.3 is 0 Å². The van der Waals surface area contributed by atoms with E-state index in [1.165, 1.54) is 19.4 Å². The van der Waals surface area contributed by atoms with Crippen molar-refractivity contribution in [2.45, 2.75) is 25.3 Å². The second kappa shape index (κ2) is 8.30. The van der Waals surface area contributed by atoms with Crippen LogP contribution in [0.5, 0.6) is 5.75 Å². The number of hydrogen-bond acceptors (Lipinski definition) is 6. The number of ether oxygens (including phenoxy) is 1. The predicted octanol–water partition coefficient (Wildman–Crippen LogP) is 2.31. The maximum atomic E-state index is 12.9. The highest BCUT2D eigenvalue weighted by molar-refractivity contribution is 5.91. The third-order valence-corrected chi connectivity index (χ3v) is 5.11. The van der Waals surface area contributed by atoms with Crippen molar-refractivity contribution in [2.75, 3.05) is 20.2 Å². The first-order valence-electron chi connectivity index (χ1n) is 9.52. The second-order valence-corrected chi connectivity index (χ2v) is 7.00. The molecule has 4 heterocycles. The Morgan fingerprint density at radius 1 is 1.31 bits per heavy atom. The summed E-state index contributed by atoms with van der Waals surface area (Å²) in [6, 6.07) is 7.02. The van der Waals surface area contributed by atoms with Crippen LogP contribution in [0.4, 0.5) is 0 Å². The van der Waals surface area contributed by atoms with Crippen molar-refractivity contribution in [2.24, 2.45) is 0 Å². The Morgan fingerprint density at radius 2 is 2.21 bits per heavy atom. The van der Waals surface area contributed by atoms with E-state index < -0.39 is 0 Å². The molecule has 0 bridgehead atoms. The number of hydrogen-bond donors (Lipinski definition) is 0. The summed E-state index contributed by atoms with van der Waals surface area (Å²) >= 11 is 0. The molecule has 8 nitrogen and oxygen atoms in total. The minimum atomic E-state index is -0.374.